The maximum Gasteiger partial charge on any atom is 0.274 e. The lowest BCUT2D eigenvalue weighted by molar-refractivity contribution is -0.128. The highest BCUT2D eigenvalue weighted by Gasteiger charge is 2.35. The number of hydrogen-bond donors (Lipinski definition) is 1. The number of hydrogen-bond acceptors (Lipinski definition) is 4. The van der Waals surface area contributed by atoms with Crippen molar-refractivity contribution in [2.24, 2.45) is 0 Å². The van der Waals surface area contributed by atoms with Crippen LogP contribution >= 0.6 is 11.3 Å². The molecule has 0 aliphatic carbocycles. The molecule has 1 aliphatic heterocycles. The summed E-state index contributed by atoms with van der Waals surface area (Å²) in [7, 11) is 0. The van der Waals surface area contributed by atoms with Gasteiger partial charge in [0.05, 0.1) is 5.01 Å². The van der Waals surface area contributed by atoms with Gasteiger partial charge in [-0.05, 0) is 30.5 Å². The van der Waals surface area contributed by atoms with E-state index in [9.17, 15) is 14.0 Å². The lowest BCUT2D eigenvalue weighted by Gasteiger charge is -2.34. The van der Waals surface area contributed by atoms with E-state index in [-0.39, 0.29) is 11.8 Å². The number of carbonyl (C=O) groups excluding carboxylic acids is 2. The van der Waals surface area contributed by atoms with Gasteiger partial charge in [0, 0.05) is 18.5 Å². The van der Waals surface area contributed by atoms with Gasteiger partial charge >= 0.3 is 0 Å². The molecule has 1 N–H and O–H groups in total. The predicted octanol–water partition coefficient (Wildman–Crippen LogP) is 2.55. The summed E-state index contributed by atoms with van der Waals surface area (Å²) in [4.78, 5) is 31.0. The zero-order valence-corrected chi connectivity index (χ0v) is 14.1. The average molecular weight is 347 g/mol. The summed E-state index contributed by atoms with van der Waals surface area (Å²) in [6.45, 7) is 2.80. The number of aromatic nitrogens is 1. The van der Waals surface area contributed by atoms with E-state index in [2.05, 4.69) is 17.2 Å². The van der Waals surface area contributed by atoms with Gasteiger partial charge < -0.3 is 10.2 Å². The van der Waals surface area contributed by atoms with Crippen LogP contribution in [-0.2, 0) is 11.2 Å². The van der Waals surface area contributed by atoms with Crippen LogP contribution in [0.4, 0.5) is 4.39 Å². The van der Waals surface area contributed by atoms with E-state index in [1.807, 2.05) is 0 Å². The van der Waals surface area contributed by atoms with E-state index in [0.717, 1.165) is 17.8 Å². The van der Waals surface area contributed by atoms with E-state index in [1.54, 1.807) is 11.4 Å². The van der Waals surface area contributed by atoms with Crippen molar-refractivity contribution in [3.8, 4) is 0 Å². The quantitative estimate of drug-likeness (QED) is 0.924. The van der Waals surface area contributed by atoms with Crippen molar-refractivity contribution in [1.29, 1.82) is 0 Å². The van der Waals surface area contributed by atoms with Crippen LogP contribution < -0.4 is 5.32 Å². The van der Waals surface area contributed by atoms with Crippen molar-refractivity contribution < 1.29 is 14.0 Å². The third-order valence-electron chi connectivity index (χ3n) is 3.87. The van der Waals surface area contributed by atoms with E-state index in [0.29, 0.717) is 24.3 Å². The topological polar surface area (TPSA) is 62.3 Å². The molecule has 1 saturated heterocycles. The number of nitrogens with zero attached hydrogens (tertiary/aromatic N) is 2. The van der Waals surface area contributed by atoms with Crippen molar-refractivity contribution in [3.05, 3.63) is 51.7 Å². The number of piperazine rings is 1. The van der Waals surface area contributed by atoms with Crippen molar-refractivity contribution in [3.63, 3.8) is 0 Å². The van der Waals surface area contributed by atoms with Crippen LogP contribution in [0.3, 0.4) is 0 Å². The van der Waals surface area contributed by atoms with Gasteiger partial charge in [0.15, 0.2) is 0 Å². The van der Waals surface area contributed by atoms with Crippen molar-refractivity contribution >= 4 is 23.2 Å². The summed E-state index contributed by atoms with van der Waals surface area (Å²) in [5.41, 5.74) is 0.809. The fraction of sp³-hybridized carbons (Fsp3) is 0.353. The maximum atomic E-state index is 13.5. The molecular formula is C17H18FN3O2S. The summed E-state index contributed by atoms with van der Waals surface area (Å²) < 4.78 is 13.5. The Hall–Kier alpha value is -2.28. The number of nitrogens with one attached hydrogen (secondary N) is 1. The number of rotatable bonds is 4. The molecule has 0 bridgehead atoms. The summed E-state index contributed by atoms with van der Waals surface area (Å²) in [5, 5.41) is 5.37. The van der Waals surface area contributed by atoms with Crippen LogP contribution in [0, 0.1) is 5.82 Å². The first-order valence-electron chi connectivity index (χ1n) is 7.88. The number of carbonyl (C=O) groups is 2. The van der Waals surface area contributed by atoms with Gasteiger partial charge in [0.25, 0.3) is 5.91 Å². The molecule has 1 aromatic carbocycles. The lowest BCUT2D eigenvalue weighted by Crippen LogP contribution is -2.52. The molecular weight excluding hydrogens is 329 g/mol. The van der Waals surface area contributed by atoms with Gasteiger partial charge in [-0.1, -0.05) is 19.1 Å². The Kier molecular flexibility index (Phi) is 4.89. The molecule has 2 heterocycles. The predicted molar refractivity (Wildman–Crippen MR) is 89.3 cm³/mol. The molecule has 0 spiro atoms. The Morgan fingerprint density at radius 2 is 2.33 bits per heavy atom. The molecule has 0 saturated carbocycles. The first kappa shape index (κ1) is 16.6. The van der Waals surface area contributed by atoms with Gasteiger partial charge in [0.2, 0.25) is 5.91 Å². The van der Waals surface area contributed by atoms with Gasteiger partial charge in [-0.2, -0.15) is 0 Å². The number of aryl methyl sites for hydroxylation is 1. The molecule has 5 nitrogen and oxygen atoms in total. The molecule has 0 radical (unpaired) electrons. The zero-order chi connectivity index (χ0) is 17.1. The molecule has 24 heavy (non-hydrogen) atoms. The smallest absolute Gasteiger partial charge is 0.274 e. The number of amides is 2. The highest BCUT2D eigenvalue weighted by molar-refractivity contribution is 7.09. The normalized spacial score (nSPS) is 17.7. The third-order valence-corrected chi connectivity index (χ3v) is 4.78. The standard InChI is InChI=1S/C17H18FN3O2S/c1-2-4-14-20-13(10-24-14)17(23)21-8-7-19-16(22)15(21)11-5-3-6-12(18)9-11/h3,5-6,9-10,15H,2,4,7-8H2,1H3,(H,19,22). The summed E-state index contributed by atoms with van der Waals surface area (Å²) >= 11 is 1.45. The fourth-order valence-corrected chi connectivity index (χ4v) is 3.65. The molecule has 2 aromatic rings. The van der Waals surface area contributed by atoms with Crippen LogP contribution in [0.5, 0.6) is 0 Å². The van der Waals surface area contributed by atoms with Crippen LogP contribution in [0.2, 0.25) is 0 Å². The molecule has 2 amide bonds. The van der Waals surface area contributed by atoms with Gasteiger partial charge in [-0.3, -0.25) is 9.59 Å². The molecule has 126 valence electrons. The first-order chi connectivity index (χ1) is 11.6. The lowest BCUT2D eigenvalue weighted by atomic mass is 10.0. The summed E-state index contributed by atoms with van der Waals surface area (Å²) in [6, 6.07) is 4.96. The number of benzene rings is 1. The summed E-state index contributed by atoms with van der Waals surface area (Å²) in [5.74, 6) is -1.03. The second-order valence-electron chi connectivity index (χ2n) is 5.62. The Balaban J connectivity index is 1.90. The first-order valence-corrected chi connectivity index (χ1v) is 8.76. The van der Waals surface area contributed by atoms with E-state index < -0.39 is 11.9 Å². The number of thiazole rings is 1. The van der Waals surface area contributed by atoms with Crippen molar-refractivity contribution in [2.75, 3.05) is 13.1 Å². The van der Waals surface area contributed by atoms with E-state index in [4.69, 9.17) is 0 Å². The van der Waals surface area contributed by atoms with E-state index >= 15 is 0 Å². The van der Waals surface area contributed by atoms with Gasteiger partial charge in [-0.15, -0.1) is 11.3 Å². The molecule has 3 rings (SSSR count). The zero-order valence-electron chi connectivity index (χ0n) is 13.3. The highest BCUT2D eigenvalue weighted by Crippen LogP contribution is 2.26. The Morgan fingerprint density at radius 1 is 1.50 bits per heavy atom. The molecule has 7 heteroatoms. The molecule has 1 aliphatic rings. The SMILES string of the molecule is CCCc1nc(C(=O)N2CCNC(=O)C2c2cccc(F)c2)cs1. The van der Waals surface area contributed by atoms with E-state index in [1.165, 1.54) is 34.4 Å². The monoisotopic (exact) mass is 347 g/mol. The van der Waals surface area contributed by atoms with Crippen LogP contribution in [0.1, 0.15) is 40.4 Å². The molecule has 1 aromatic heterocycles. The van der Waals surface area contributed by atoms with Gasteiger partial charge in [0.1, 0.15) is 17.6 Å². The molecule has 1 fully saturated rings. The van der Waals surface area contributed by atoms with Crippen molar-refractivity contribution in [2.45, 2.75) is 25.8 Å². The van der Waals surface area contributed by atoms with Gasteiger partial charge in [-0.25, -0.2) is 9.37 Å². The maximum absolute atomic E-state index is 13.5. The fourth-order valence-electron chi connectivity index (χ4n) is 2.78. The van der Waals surface area contributed by atoms with Crippen molar-refractivity contribution in [1.82, 2.24) is 15.2 Å². The van der Waals surface area contributed by atoms with Crippen LogP contribution in [0.25, 0.3) is 0 Å². The van der Waals surface area contributed by atoms with Crippen LogP contribution in [-0.4, -0.2) is 34.8 Å². The third kappa shape index (κ3) is 3.31. The minimum Gasteiger partial charge on any atom is -0.352 e. The second-order valence-corrected chi connectivity index (χ2v) is 6.57. The largest absolute Gasteiger partial charge is 0.352 e. The minimum absolute atomic E-state index is 0.294. The Morgan fingerprint density at radius 3 is 3.08 bits per heavy atom. The average Bonchev–Trinajstić information content (AvgIpc) is 3.03. The number of halogens is 1. The second kappa shape index (κ2) is 7.09. The minimum atomic E-state index is -0.835. The molecule has 1 unspecified atom stereocenters. The Labute approximate surface area is 143 Å². The highest BCUT2D eigenvalue weighted by atomic mass is 32.1. The molecule has 1 atom stereocenters. The summed E-state index contributed by atoms with van der Waals surface area (Å²) in [6.07, 6.45) is 1.78. The van der Waals surface area contributed by atoms with Crippen LogP contribution in [0.15, 0.2) is 29.6 Å². The Bertz CT molecular complexity index is 762.